The van der Waals surface area contributed by atoms with Crippen LogP contribution in [0.4, 0.5) is 0 Å². The fraction of sp³-hybridized carbons (Fsp3) is 0.538. The van der Waals surface area contributed by atoms with Gasteiger partial charge < -0.3 is 4.55 Å². The number of thioether (sulfide) groups is 1. The van der Waals surface area contributed by atoms with Gasteiger partial charge in [-0.05, 0) is 39.8 Å². The summed E-state index contributed by atoms with van der Waals surface area (Å²) in [6.45, 7) is 8.01. The lowest BCUT2D eigenvalue weighted by Gasteiger charge is -2.26. The monoisotopic (exact) mass is 271 g/mol. The minimum atomic E-state index is -0.989. The van der Waals surface area contributed by atoms with E-state index in [1.165, 1.54) is 4.90 Å². The molecule has 0 fully saturated rings. The number of hydrogen-bond donors (Lipinski definition) is 1. The van der Waals surface area contributed by atoms with E-state index in [-0.39, 0.29) is 10.8 Å². The fourth-order valence-corrected chi connectivity index (χ4v) is 2.91. The number of benzene rings is 1. The normalized spacial score (nSPS) is 15.6. The van der Waals surface area contributed by atoms with Crippen molar-refractivity contribution in [1.82, 2.24) is 4.72 Å². The van der Waals surface area contributed by atoms with E-state index in [1.54, 1.807) is 11.8 Å². The Bertz CT molecular complexity index is 324. The Kier molecular flexibility index (Phi) is 5.86. The van der Waals surface area contributed by atoms with Crippen molar-refractivity contribution in [2.24, 2.45) is 0 Å². The number of hydrogen-bond acceptors (Lipinski definition) is 3. The zero-order valence-electron chi connectivity index (χ0n) is 10.9. The highest BCUT2D eigenvalue weighted by atomic mass is 32.2. The summed E-state index contributed by atoms with van der Waals surface area (Å²) in [4.78, 5) is 1.25. The Hall–Kier alpha value is -0.160. The smallest absolute Gasteiger partial charge is 0.136 e. The molecule has 2 nitrogen and oxygen atoms in total. The second-order valence-electron chi connectivity index (χ2n) is 5.02. The minimum Gasteiger partial charge on any atom is -0.598 e. The molecule has 0 aliphatic carbocycles. The summed E-state index contributed by atoms with van der Waals surface area (Å²) in [5.74, 6) is 0.922. The highest BCUT2D eigenvalue weighted by Crippen LogP contribution is 2.19. The van der Waals surface area contributed by atoms with E-state index in [2.05, 4.69) is 23.8 Å². The zero-order valence-corrected chi connectivity index (χ0v) is 12.5. The molecule has 0 saturated heterocycles. The first-order valence-electron chi connectivity index (χ1n) is 5.75. The zero-order chi connectivity index (χ0) is 12.9. The van der Waals surface area contributed by atoms with Gasteiger partial charge in [-0.25, -0.2) is 0 Å². The predicted octanol–water partition coefficient (Wildman–Crippen LogP) is 3.22. The molecule has 1 aromatic rings. The second kappa shape index (κ2) is 6.69. The van der Waals surface area contributed by atoms with Crippen molar-refractivity contribution in [3.05, 3.63) is 30.3 Å². The van der Waals surface area contributed by atoms with Gasteiger partial charge in [0, 0.05) is 22.0 Å². The molecule has 1 rings (SSSR count). The summed E-state index contributed by atoms with van der Waals surface area (Å²) >= 11 is 0.796. The van der Waals surface area contributed by atoms with Gasteiger partial charge in [-0.2, -0.15) is 0 Å². The summed E-state index contributed by atoms with van der Waals surface area (Å²) in [5, 5.41) is 0. The Balaban J connectivity index is 2.33. The van der Waals surface area contributed by atoms with Crippen LogP contribution >= 0.6 is 11.8 Å². The van der Waals surface area contributed by atoms with E-state index in [4.69, 9.17) is 0 Å². The average Bonchev–Trinajstić information content (AvgIpc) is 2.26. The van der Waals surface area contributed by atoms with E-state index in [9.17, 15) is 4.55 Å². The highest BCUT2D eigenvalue weighted by Gasteiger charge is 2.27. The largest absolute Gasteiger partial charge is 0.598 e. The van der Waals surface area contributed by atoms with E-state index in [0.717, 1.165) is 5.75 Å². The Labute approximate surface area is 112 Å². The molecule has 0 aliphatic rings. The quantitative estimate of drug-likeness (QED) is 0.659. The van der Waals surface area contributed by atoms with Crippen LogP contribution in [-0.2, 0) is 11.4 Å². The first-order valence-corrected chi connectivity index (χ1v) is 7.89. The van der Waals surface area contributed by atoms with E-state index in [1.807, 2.05) is 39.0 Å². The molecule has 1 N–H and O–H groups in total. The first kappa shape index (κ1) is 14.9. The summed E-state index contributed by atoms with van der Waals surface area (Å²) in [6, 6.07) is 10.5. The van der Waals surface area contributed by atoms with Gasteiger partial charge in [0.15, 0.2) is 0 Å². The molecule has 1 unspecified atom stereocenters. The second-order valence-corrected chi connectivity index (χ2v) is 8.12. The van der Waals surface area contributed by atoms with Gasteiger partial charge in [0.25, 0.3) is 0 Å². The summed E-state index contributed by atoms with van der Waals surface area (Å²) in [5.41, 5.74) is 0. The molecule has 4 heteroatoms. The Morgan fingerprint density at radius 2 is 1.88 bits per heavy atom. The molecule has 0 spiro atoms. The SMILES string of the molecule is C[C@H](CSc1ccccc1)N[S+]([O-])C(C)(C)C. The molecule has 0 aliphatic heterocycles. The van der Waals surface area contributed by atoms with Crippen molar-refractivity contribution in [3.8, 4) is 0 Å². The van der Waals surface area contributed by atoms with Crippen molar-refractivity contribution in [1.29, 1.82) is 0 Å². The van der Waals surface area contributed by atoms with E-state index >= 15 is 0 Å². The van der Waals surface area contributed by atoms with Crippen molar-refractivity contribution in [2.45, 2.75) is 43.4 Å². The summed E-state index contributed by atoms with van der Waals surface area (Å²) < 4.78 is 14.8. The van der Waals surface area contributed by atoms with E-state index in [0.29, 0.717) is 0 Å². The lowest BCUT2D eigenvalue weighted by Crippen LogP contribution is -2.44. The van der Waals surface area contributed by atoms with Gasteiger partial charge in [0.2, 0.25) is 0 Å². The average molecular weight is 271 g/mol. The van der Waals surface area contributed by atoms with Gasteiger partial charge in [-0.3, -0.25) is 0 Å². The summed E-state index contributed by atoms with van der Waals surface area (Å²) in [6.07, 6.45) is 0. The van der Waals surface area contributed by atoms with Gasteiger partial charge in [0.1, 0.15) is 4.75 Å². The van der Waals surface area contributed by atoms with Crippen LogP contribution < -0.4 is 4.72 Å². The Morgan fingerprint density at radius 1 is 1.29 bits per heavy atom. The van der Waals surface area contributed by atoms with Gasteiger partial charge >= 0.3 is 0 Å². The molecule has 96 valence electrons. The van der Waals surface area contributed by atoms with Gasteiger partial charge in [-0.1, -0.05) is 18.2 Å². The number of nitrogens with one attached hydrogen (secondary N) is 1. The van der Waals surface area contributed by atoms with Crippen molar-refractivity contribution in [3.63, 3.8) is 0 Å². The molecule has 1 aromatic carbocycles. The first-order chi connectivity index (χ1) is 7.89. The molecule has 0 amide bonds. The Morgan fingerprint density at radius 3 is 2.41 bits per heavy atom. The maximum atomic E-state index is 11.9. The van der Waals surface area contributed by atoms with Gasteiger partial charge in [0.05, 0.1) is 6.04 Å². The third kappa shape index (κ3) is 5.82. The van der Waals surface area contributed by atoms with Crippen LogP contribution in [0.1, 0.15) is 27.7 Å². The molecule has 17 heavy (non-hydrogen) atoms. The fourth-order valence-electron chi connectivity index (χ4n) is 1.13. The molecular formula is C13H21NOS2. The van der Waals surface area contributed by atoms with Crippen LogP contribution in [0, 0.1) is 0 Å². The third-order valence-corrected chi connectivity index (χ3v) is 5.11. The molecule has 0 radical (unpaired) electrons. The summed E-state index contributed by atoms with van der Waals surface area (Å²) in [7, 11) is 0. The predicted molar refractivity (Wildman–Crippen MR) is 77.7 cm³/mol. The minimum absolute atomic E-state index is 0.203. The van der Waals surface area contributed by atoms with Gasteiger partial charge in [-0.15, -0.1) is 16.5 Å². The molecule has 0 heterocycles. The van der Waals surface area contributed by atoms with Crippen molar-refractivity contribution < 1.29 is 4.55 Å². The lowest BCUT2D eigenvalue weighted by atomic mass is 10.3. The van der Waals surface area contributed by atoms with Crippen molar-refractivity contribution >= 4 is 23.1 Å². The lowest BCUT2D eigenvalue weighted by molar-refractivity contribution is 0.535. The van der Waals surface area contributed by atoms with E-state index < -0.39 is 11.4 Å². The van der Waals surface area contributed by atoms with Crippen LogP contribution in [0.15, 0.2) is 35.2 Å². The van der Waals surface area contributed by atoms with Crippen LogP contribution in [-0.4, -0.2) is 21.1 Å². The van der Waals surface area contributed by atoms with Crippen LogP contribution in [0.25, 0.3) is 0 Å². The molecule has 0 saturated carbocycles. The van der Waals surface area contributed by atoms with Crippen LogP contribution in [0.5, 0.6) is 0 Å². The highest BCUT2D eigenvalue weighted by molar-refractivity contribution is 7.99. The van der Waals surface area contributed by atoms with Crippen LogP contribution in [0.2, 0.25) is 0 Å². The standard InChI is InChI=1S/C13H21NOS2/c1-11(14-17(15)13(2,3)4)10-16-12-8-6-5-7-9-12/h5-9,11,14H,10H2,1-4H3/t11-,17?/m1/s1. The topological polar surface area (TPSA) is 35.1 Å². The molecule has 0 aromatic heterocycles. The maximum absolute atomic E-state index is 11.9. The molecule has 2 atom stereocenters. The number of rotatable bonds is 5. The maximum Gasteiger partial charge on any atom is 0.136 e. The third-order valence-electron chi connectivity index (χ3n) is 2.11. The molecule has 0 bridgehead atoms. The molecular weight excluding hydrogens is 250 g/mol. The van der Waals surface area contributed by atoms with Crippen LogP contribution in [0.3, 0.4) is 0 Å². The van der Waals surface area contributed by atoms with Crippen molar-refractivity contribution in [2.75, 3.05) is 5.75 Å².